The highest BCUT2D eigenvalue weighted by molar-refractivity contribution is 6.10. The summed E-state index contributed by atoms with van der Waals surface area (Å²) in [6.07, 6.45) is 0.781. The summed E-state index contributed by atoms with van der Waals surface area (Å²) in [6.45, 7) is 4.12. The zero-order valence-electron chi connectivity index (χ0n) is 12.9. The molecule has 2 rings (SSSR count). The molecule has 2 aromatic rings. The van der Waals surface area contributed by atoms with E-state index in [2.05, 4.69) is 0 Å². The lowest BCUT2D eigenvalue weighted by Gasteiger charge is -2.15. The molecule has 2 aromatic carbocycles. The average Bonchev–Trinajstić information content (AvgIpc) is 2.59. The Labute approximate surface area is 130 Å². The van der Waals surface area contributed by atoms with E-state index >= 15 is 0 Å². The molecule has 0 saturated carbocycles. The van der Waals surface area contributed by atoms with Crippen LogP contribution in [0.1, 0.15) is 47.7 Å². The minimum absolute atomic E-state index is 0.0775. The van der Waals surface area contributed by atoms with E-state index in [1.54, 1.807) is 25.1 Å². The Morgan fingerprint density at radius 3 is 2.32 bits per heavy atom. The normalized spacial score (nSPS) is 11.7. The predicted molar refractivity (Wildman–Crippen MR) is 86.0 cm³/mol. The van der Waals surface area contributed by atoms with Crippen LogP contribution in [-0.4, -0.2) is 18.4 Å². The van der Waals surface area contributed by atoms with Gasteiger partial charge in [-0.15, -0.1) is 0 Å². The van der Waals surface area contributed by atoms with Gasteiger partial charge in [0.1, 0.15) is 0 Å². The highest BCUT2D eigenvalue weighted by atomic mass is 16.5. The molecule has 0 aliphatic carbocycles. The third-order valence-corrected chi connectivity index (χ3v) is 3.51. The quantitative estimate of drug-likeness (QED) is 0.598. The Hall–Kier alpha value is -2.42. The maximum Gasteiger partial charge on any atom is 0.313 e. The summed E-state index contributed by atoms with van der Waals surface area (Å²) in [6, 6.07) is 16.3. The van der Waals surface area contributed by atoms with Gasteiger partial charge in [-0.25, -0.2) is 0 Å². The van der Waals surface area contributed by atoms with Gasteiger partial charge < -0.3 is 4.74 Å². The number of hydrogen-bond acceptors (Lipinski definition) is 3. The van der Waals surface area contributed by atoms with Crippen LogP contribution in [0.2, 0.25) is 0 Å². The fourth-order valence-electron chi connectivity index (χ4n) is 2.28. The second-order valence-electron chi connectivity index (χ2n) is 5.17. The van der Waals surface area contributed by atoms with Gasteiger partial charge in [-0.2, -0.15) is 0 Å². The van der Waals surface area contributed by atoms with Crippen molar-refractivity contribution in [3.63, 3.8) is 0 Å². The minimum atomic E-state index is -0.463. The molecule has 22 heavy (non-hydrogen) atoms. The van der Waals surface area contributed by atoms with Gasteiger partial charge in [0, 0.05) is 11.1 Å². The van der Waals surface area contributed by atoms with Crippen LogP contribution in [0.25, 0.3) is 0 Å². The molecular weight excluding hydrogens is 276 g/mol. The first-order valence-corrected chi connectivity index (χ1v) is 7.50. The number of rotatable bonds is 6. The highest BCUT2D eigenvalue weighted by Gasteiger charge is 2.22. The van der Waals surface area contributed by atoms with Crippen LogP contribution in [0.4, 0.5) is 0 Å². The van der Waals surface area contributed by atoms with Crippen molar-refractivity contribution < 1.29 is 14.3 Å². The zero-order chi connectivity index (χ0) is 15.9. The molecule has 114 valence electrons. The number of hydrogen-bond donors (Lipinski definition) is 0. The number of esters is 1. The summed E-state index contributed by atoms with van der Waals surface area (Å²) in [5.41, 5.74) is 1.87. The maximum absolute atomic E-state index is 12.7. The molecule has 0 radical (unpaired) electrons. The highest BCUT2D eigenvalue weighted by Crippen LogP contribution is 2.23. The Balaban J connectivity index is 2.31. The fraction of sp³-hybridized carbons (Fsp3) is 0.263. The van der Waals surface area contributed by atoms with Crippen molar-refractivity contribution in [3.05, 3.63) is 71.3 Å². The van der Waals surface area contributed by atoms with Gasteiger partial charge in [-0.3, -0.25) is 9.59 Å². The smallest absolute Gasteiger partial charge is 0.313 e. The second-order valence-corrected chi connectivity index (χ2v) is 5.17. The Bertz CT molecular complexity index is 647. The topological polar surface area (TPSA) is 43.4 Å². The van der Waals surface area contributed by atoms with Gasteiger partial charge >= 0.3 is 5.97 Å². The van der Waals surface area contributed by atoms with E-state index in [4.69, 9.17) is 4.74 Å². The summed E-state index contributed by atoms with van der Waals surface area (Å²) in [5, 5.41) is 0. The van der Waals surface area contributed by atoms with Crippen LogP contribution in [0.3, 0.4) is 0 Å². The van der Waals surface area contributed by atoms with Crippen LogP contribution in [0.5, 0.6) is 0 Å². The number of ether oxygens (including phenoxy) is 1. The zero-order valence-corrected chi connectivity index (χ0v) is 12.9. The van der Waals surface area contributed by atoms with Crippen molar-refractivity contribution >= 4 is 11.8 Å². The van der Waals surface area contributed by atoms with Crippen molar-refractivity contribution in [3.8, 4) is 0 Å². The van der Waals surface area contributed by atoms with E-state index in [0.717, 1.165) is 6.42 Å². The first kappa shape index (κ1) is 16.0. The third kappa shape index (κ3) is 3.61. The lowest BCUT2D eigenvalue weighted by Crippen LogP contribution is -2.17. The van der Waals surface area contributed by atoms with E-state index in [1.807, 2.05) is 43.3 Å². The lowest BCUT2D eigenvalue weighted by atomic mass is 9.91. The van der Waals surface area contributed by atoms with Gasteiger partial charge in [-0.1, -0.05) is 61.5 Å². The molecule has 0 aromatic heterocycles. The van der Waals surface area contributed by atoms with Crippen LogP contribution in [0, 0.1) is 0 Å². The molecule has 1 unspecified atom stereocenters. The van der Waals surface area contributed by atoms with Crippen LogP contribution in [0.15, 0.2) is 54.6 Å². The summed E-state index contributed by atoms with van der Waals surface area (Å²) >= 11 is 0. The molecule has 0 spiro atoms. The van der Waals surface area contributed by atoms with Gasteiger partial charge in [0.05, 0.1) is 12.5 Å². The Morgan fingerprint density at radius 2 is 1.64 bits per heavy atom. The molecule has 0 amide bonds. The first-order chi connectivity index (χ1) is 10.6. The molecule has 0 N–H and O–H groups in total. The molecule has 0 aliphatic rings. The van der Waals surface area contributed by atoms with Crippen molar-refractivity contribution in [1.29, 1.82) is 0 Å². The fourth-order valence-corrected chi connectivity index (χ4v) is 2.28. The van der Waals surface area contributed by atoms with E-state index in [0.29, 0.717) is 23.3 Å². The molecule has 3 heteroatoms. The number of carbonyl (C=O) groups is 2. The molecule has 1 atom stereocenters. The number of carbonyl (C=O) groups excluding carboxylic acids is 2. The SMILES string of the molecule is CCCOC(=O)C(C)c1ccccc1C(=O)c1ccccc1. The summed E-state index contributed by atoms with van der Waals surface area (Å²) < 4.78 is 5.20. The van der Waals surface area contributed by atoms with Crippen molar-refractivity contribution in [2.45, 2.75) is 26.2 Å². The monoisotopic (exact) mass is 296 g/mol. The van der Waals surface area contributed by atoms with Gasteiger partial charge in [0.2, 0.25) is 0 Å². The van der Waals surface area contributed by atoms with E-state index in [9.17, 15) is 9.59 Å². The van der Waals surface area contributed by atoms with Gasteiger partial charge in [0.25, 0.3) is 0 Å². The Kier molecular flexibility index (Phi) is 5.48. The number of ketones is 1. The van der Waals surface area contributed by atoms with E-state index in [1.165, 1.54) is 0 Å². The van der Waals surface area contributed by atoms with E-state index in [-0.39, 0.29) is 11.8 Å². The van der Waals surface area contributed by atoms with Gasteiger partial charge in [0.15, 0.2) is 5.78 Å². The Morgan fingerprint density at radius 1 is 1.00 bits per heavy atom. The van der Waals surface area contributed by atoms with Gasteiger partial charge in [-0.05, 0) is 18.9 Å². The average molecular weight is 296 g/mol. The summed E-state index contributed by atoms with van der Waals surface area (Å²) in [5.74, 6) is -0.836. The maximum atomic E-state index is 12.7. The summed E-state index contributed by atoms with van der Waals surface area (Å²) in [7, 11) is 0. The standard InChI is InChI=1S/C19H20O3/c1-3-13-22-19(21)14(2)16-11-7-8-12-17(16)18(20)15-9-5-4-6-10-15/h4-12,14H,3,13H2,1-2H3. The predicted octanol–water partition coefficient (Wildman–Crippen LogP) is 3.97. The molecule has 0 fully saturated rings. The van der Waals surface area contributed by atoms with Crippen LogP contribution >= 0.6 is 0 Å². The minimum Gasteiger partial charge on any atom is -0.465 e. The first-order valence-electron chi connectivity index (χ1n) is 7.50. The lowest BCUT2D eigenvalue weighted by molar-refractivity contribution is -0.145. The molecule has 0 saturated heterocycles. The molecule has 0 heterocycles. The van der Waals surface area contributed by atoms with E-state index < -0.39 is 5.92 Å². The molecule has 3 nitrogen and oxygen atoms in total. The largest absolute Gasteiger partial charge is 0.465 e. The molecule has 0 aliphatic heterocycles. The molecular formula is C19H20O3. The number of benzene rings is 2. The third-order valence-electron chi connectivity index (χ3n) is 3.51. The van der Waals surface area contributed by atoms with Crippen molar-refractivity contribution in [2.24, 2.45) is 0 Å². The van der Waals surface area contributed by atoms with Crippen LogP contribution in [-0.2, 0) is 9.53 Å². The van der Waals surface area contributed by atoms with Crippen LogP contribution < -0.4 is 0 Å². The summed E-state index contributed by atoms with van der Waals surface area (Å²) in [4.78, 5) is 24.7. The van der Waals surface area contributed by atoms with Crippen molar-refractivity contribution in [2.75, 3.05) is 6.61 Å². The second kappa shape index (κ2) is 7.55. The van der Waals surface area contributed by atoms with Crippen molar-refractivity contribution in [1.82, 2.24) is 0 Å². The molecule has 0 bridgehead atoms.